The minimum atomic E-state index is -4.13. The summed E-state index contributed by atoms with van der Waals surface area (Å²) < 4.78 is 35.5. The van der Waals surface area contributed by atoms with Crippen LogP contribution in [0.15, 0.2) is 0 Å². The van der Waals surface area contributed by atoms with E-state index >= 15 is 0 Å². The van der Waals surface area contributed by atoms with Crippen molar-refractivity contribution in [1.29, 1.82) is 0 Å². The molecule has 0 amide bonds. The Morgan fingerprint density at radius 3 is 2.12 bits per heavy atom. The predicted molar refractivity (Wildman–Crippen MR) is 52.3 cm³/mol. The van der Waals surface area contributed by atoms with E-state index in [0.717, 1.165) is 0 Å². The largest absolute Gasteiger partial charge is 0.461 e. The molecule has 6 heteroatoms. The van der Waals surface area contributed by atoms with Crippen molar-refractivity contribution in [2.75, 3.05) is 13.2 Å². The van der Waals surface area contributed by atoms with Crippen molar-refractivity contribution in [1.82, 2.24) is 0 Å². The molecule has 0 aromatic heterocycles. The Kier molecular flexibility index (Phi) is 6.10. The van der Waals surface area contributed by atoms with Gasteiger partial charge in [-0.25, -0.2) is 4.79 Å². The molecular weight excluding hydrogens is 222 g/mol. The molecule has 0 fully saturated rings. The molecule has 1 unspecified atom stereocenters. The Bertz CT molecular complexity index is 253. The highest BCUT2D eigenvalue weighted by Gasteiger charge is 2.51. The maximum atomic E-state index is 13.3. The Labute approximate surface area is 92.9 Å². The summed E-state index contributed by atoms with van der Waals surface area (Å²) in [7, 11) is 0. The van der Waals surface area contributed by atoms with Gasteiger partial charge in [0.05, 0.1) is 6.61 Å². The van der Waals surface area contributed by atoms with E-state index in [0.29, 0.717) is 0 Å². The molecular formula is C10H16F2O4. The lowest BCUT2D eigenvalue weighted by molar-refractivity contribution is -0.181. The molecule has 0 N–H and O–H groups in total. The molecule has 0 saturated heterocycles. The Balaban J connectivity index is 4.71. The summed E-state index contributed by atoms with van der Waals surface area (Å²) in [5.41, 5.74) is 0. The van der Waals surface area contributed by atoms with Crippen LogP contribution in [0, 0.1) is 0 Å². The predicted octanol–water partition coefficient (Wildman–Crippen LogP) is 1.57. The lowest BCUT2D eigenvalue weighted by atomic mass is 10.1. The van der Waals surface area contributed by atoms with Gasteiger partial charge in [-0.1, -0.05) is 6.92 Å². The van der Waals surface area contributed by atoms with E-state index in [-0.39, 0.29) is 19.6 Å². The normalized spacial score (nSPS) is 13.3. The molecule has 94 valence electrons. The number of carbonyl (C=O) groups is 2. The van der Waals surface area contributed by atoms with Crippen molar-refractivity contribution in [3.8, 4) is 0 Å². The van der Waals surface area contributed by atoms with Crippen molar-refractivity contribution < 1.29 is 27.8 Å². The molecule has 0 heterocycles. The number of Topliss-reactive ketones (excluding diaryl/α,β-unsaturated/α-hetero) is 1. The zero-order valence-corrected chi connectivity index (χ0v) is 9.59. The average Bonchev–Trinajstić information content (AvgIpc) is 2.25. The molecule has 1 atom stereocenters. The first kappa shape index (κ1) is 15.0. The number of halogens is 2. The van der Waals surface area contributed by atoms with E-state index in [2.05, 4.69) is 4.74 Å². The highest BCUT2D eigenvalue weighted by molar-refractivity contribution is 6.07. The number of hydrogen-bond donors (Lipinski definition) is 0. The van der Waals surface area contributed by atoms with Gasteiger partial charge in [-0.2, -0.15) is 8.78 Å². The first-order valence-electron chi connectivity index (χ1n) is 5.12. The second-order valence-corrected chi connectivity index (χ2v) is 3.01. The monoisotopic (exact) mass is 238 g/mol. The fourth-order valence-corrected chi connectivity index (χ4v) is 1.10. The minimum absolute atomic E-state index is 0.0850. The Morgan fingerprint density at radius 2 is 1.75 bits per heavy atom. The standard InChI is InChI=1S/C10H16F2O4/c1-4-7(15-5-2)8(13)10(11,12)9(14)16-6-3/h7H,4-6H2,1-3H3. The van der Waals surface area contributed by atoms with Gasteiger partial charge < -0.3 is 9.47 Å². The van der Waals surface area contributed by atoms with Crippen molar-refractivity contribution >= 4 is 11.8 Å². The number of alkyl halides is 2. The molecule has 0 aromatic rings. The number of ketones is 1. The number of hydrogen-bond acceptors (Lipinski definition) is 4. The molecule has 16 heavy (non-hydrogen) atoms. The summed E-state index contributed by atoms with van der Waals surface area (Å²) >= 11 is 0. The topological polar surface area (TPSA) is 52.6 Å². The minimum Gasteiger partial charge on any atom is -0.461 e. The zero-order chi connectivity index (χ0) is 12.8. The maximum Gasteiger partial charge on any atom is 0.402 e. The van der Waals surface area contributed by atoms with Gasteiger partial charge in [0.15, 0.2) is 0 Å². The van der Waals surface area contributed by atoms with E-state index in [1.807, 2.05) is 0 Å². The van der Waals surface area contributed by atoms with Crippen molar-refractivity contribution in [2.45, 2.75) is 39.2 Å². The number of ether oxygens (including phenoxy) is 2. The van der Waals surface area contributed by atoms with Crippen LogP contribution in [0.2, 0.25) is 0 Å². The summed E-state index contributed by atoms with van der Waals surface area (Å²) in [6.45, 7) is 4.42. The van der Waals surface area contributed by atoms with Crippen LogP contribution < -0.4 is 0 Å². The highest BCUT2D eigenvalue weighted by atomic mass is 19.3. The van der Waals surface area contributed by atoms with E-state index in [4.69, 9.17) is 4.74 Å². The van der Waals surface area contributed by atoms with Crippen molar-refractivity contribution in [3.05, 3.63) is 0 Å². The van der Waals surface area contributed by atoms with Crippen LogP contribution in [0.4, 0.5) is 8.78 Å². The van der Waals surface area contributed by atoms with Crippen LogP contribution in [0.3, 0.4) is 0 Å². The molecule has 0 aliphatic carbocycles. The third kappa shape index (κ3) is 3.52. The fraction of sp³-hybridized carbons (Fsp3) is 0.800. The van der Waals surface area contributed by atoms with Gasteiger partial charge in [-0.15, -0.1) is 0 Å². The second kappa shape index (κ2) is 6.52. The van der Waals surface area contributed by atoms with Gasteiger partial charge in [-0.05, 0) is 20.3 Å². The lowest BCUT2D eigenvalue weighted by Crippen LogP contribution is -2.46. The van der Waals surface area contributed by atoms with Gasteiger partial charge in [0.25, 0.3) is 0 Å². The van der Waals surface area contributed by atoms with Crippen LogP contribution in [-0.4, -0.2) is 37.0 Å². The van der Waals surface area contributed by atoms with Crippen LogP contribution in [0.1, 0.15) is 27.2 Å². The van der Waals surface area contributed by atoms with Gasteiger partial charge in [0.2, 0.25) is 5.78 Å². The van der Waals surface area contributed by atoms with Gasteiger partial charge in [0.1, 0.15) is 6.10 Å². The number of rotatable bonds is 7. The lowest BCUT2D eigenvalue weighted by Gasteiger charge is -2.19. The molecule has 0 rings (SSSR count). The zero-order valence-electron chi connectivity index (χ0n) is 9.59. The fourth-order valence-electron chi connectivity index (χ4n) is 1.10. The molecule has 0 bridgehead atoms. The van der Waals surface area contributed by atoms with Gasteiger partial charge in [0, 0.05) is 6.61 Å². The van der Waals surface area contributed by atoms with Gasteiger partial charge in [-0.3, -0.25) is 4.79 Å². The quantitative estimate of drug-likeness (QED) is 0.499. The third-order valence-corrected chi connectivity index (χ3v) is 1.87. The number of carbonyl (C=O) groups excluding carboxylic acids is 2. The molecule has 0 aliphatic rings. The maximum absolute atomic E-state index is 13.3. The second-order valence-electron chi connectivity index (χ2n) is 3.01. The van der Waals surface area contributed by atoms with E-state index in [1.54, 1.807) is 6.92 Å². The molecule has 0 spiro atoms. The van der Waals surface area contributed by atoms with Crippen LogP contribution in [0.25, 0.3) is 0 Å². The van der Waals surface area contributed by atoms with E-state index < -0.39 is 23.8 Å². The highest BCUT2D eigenvalue weighted by Crippen LogP contribution is 2.21. The van der Waals surface area contributed by atoms with Crippen LogP contribution >= 0.6 is 0 Å². The Hall–Kier alpha value is -1.04. The van der Waals surface area contributed by atoms with Gasteiger partial charge >= 0.3 is 11.9 Å². The van der Waals surface area contributed by atoms with E-state index in [9.17, 15) is 18.4 Å². The third-order valence-electron chi connectivity index (χ3n) is 1.87. The summed E-state index contributed by atoms with van der Waals surface area (Å²) in [5.74, 6) is -7.50. The molecule has 0 saturated carbocycles. The SMILES string of the molecule is CCOC(=O)C(F)(F)C(=O)C(CC)OCC. The van der Waals surface area contributed by atoms with Crippen molar-refractivity contribution in [2.24, 2.45) is 0 Å². The summed E-state index contributed by atoms with van der Waals surface area (Å²) in [4.78, 5) is 22.2. The summed E-state index contributed by atoms with van der Waals surface area (Å²) in [6, 6.07) is 0. The number of esters is 1. The Morgan fingerprint density at radius 1 is 1.19 bits per heavy atom. The molecule has 0 aromatic carbocycles. The first-order valence-corrected chi connectivity index (χ1v) is 5.12. The van der Waals surface area contributed by atoms with Crippen LogP contribution in [0.5, 0.6) is 0 Å². The molecule has 0 aliphatic heterocycles. The summed E-state index contributed by atoms with van der Waals surface area (Å²) in [6.07, 6.45) is -1.19. The smallest absolute Gasteiger partial charge is 0.402 e. The summed E-state index contributed by atoms with van der Waals surface area (Å²) in [5, 5.41) is 0. The van der Waals surface area contributed by atoms with Crippen LogP contribution in [-0.2, 0) is 19.1 Å². The average molecular weight is 238 g/mol. The molecule has 4 nitrogen and oxygen atoms in total. The van der Waals surface area contributed by atoms with Crippen molar-refractivity contribution in [3.63, 3.8) is 0 Å². The van der Waals surface area contributed by atoms with E-state index in [1.165, 1.54) is 13.8 Å². The molecule has 0 radical (unpaired) electrons. The first-order chi connectivity index (χ1) is 7.41.